The predicted molar refractivity (Wildman–Crippen MR) is 64.2 cm³/mol. The Morgan fingerprint density at radius 2 is 2.07 bits per heavy atom. The van der Waals surface area contributed by atoms with E-state index in [0.717, 1.165) is 9.47 Å². The molecule has 15 heavy (non-hydrogen) atoms. The molecule has 76 valence electrons. The third-order valence-electron chi connectivity index (χ3n) is 1.80. The van der Waals surface area contributed by atoms with Gasteiger partial charge in [0.2, 0.25) is 0 Å². The number of aromatic nitrogens is 1. The lowest BCUT2D eigenvalue weighted by molar-refractivity contribution is 0.102. The Labute approximate surface area is 99.3 Å². The summed E-state index contributed by atoms with van der Waals surface area (Å²) in [5.74, 6) is -0.116. The summed E-state index contributed by atoms with van der Waals surface area (Å²) >= 11 is 4.81. The van der Waals surface area contributed by atoms with Gasteiger partial charge in [-0.25, -0.2) is 0 Å². The van der Waals surface area contributed by atoms with Gasteiger partial charge in [-0.3, -0.25) is 9.78 Å². The number of nitrogens with zero attached hydrogens (tertiary/aromatic N) is 1. The molecule has 1 amide bonds. The molecular formula is C10H7BrN2OS. The highest BCUT2D eigenvalue weighted by Gasteiger charge is 2.10. The van der Waals surface area contributed by atoms with E-state index in [1.54, 1.807) is 30.6 Å². The fraction of sp³-hybridized carbons (Fsp3) is 0. The number of pyridine rings is 1. The van der Waals surface area contributed by atoms with E-state index < -0.39 is 0 Å². The van der Waals surface area contributed by atoms with Gasteiger partial charge in [0.15, 0.2) is 0 Å². The Kier molecular flexibility index (Phi) is 3.13. The molecule has 0 aromatic carbocycles. The molecule has 0 radical (unpaired) electrons. The Balaban J connectivity index is 2.15. The molecule has 0 aliphatic carbocycles. The molecule has 0 atom stereocenters. The Morgan fingerprint density at radius 1 is 1.33 bits per heavy atom. The van der Waals surface area contributed by atoms with Gasteiger partial charge in [0.05, 0.1) is 9.35 Å². The average Bonchev–Trinajstić information content (AvgIpc) is 2.66. The van der Waals surface area contributed by atoms with Gasteiger partial charge in [-0.2, -0.15) is 0 Å². The first kappa shape index (κ1) is 10.3. The Bertz CT molecular complexity index is 469. The molecule has 0 saturated heterocycles. The highest BCUT2D eigenvalue weighted by molar-refractivity contribution is 9.11. The molecule has 3 nitrogen and oxygen atoms in total. The van der Waals surface area contributed by atoms with Gasteiger partial charge in [0, 0.05) is 18.1 Å². The van der Waals surface area contributed by atoms with Crippen molar-refractivity contribution in [1.29, 1.82) is 0 Å². The second kappa shape index (κ2) is 4.55. The smallest absolute Gasteiger partial charge is 0.257 e. The van der Waals surface area contributed by atoms with E-state index in [9.17, 15) is 4.79 Å². The van der Waals surface area contributed by atoms with Crippen LogP contribution in [0.25, 0.3) is 0 Å². The second-order valence-electron chi connectivity index (χ2n) is 2.80. The summed E-state index contributed by atoms with van der Waals surface area (Å²) in [6.07, 6.45) is 3.27. The van der Waals surface area contributed by atoms with Crippen LogP contribution < -0.4 is 5.32 Å². The van der Waals surface area contributed by atoms with E-state index in [-0.39, 0.29) is 5.91 Å². The first-order valence-electron chi connectivity index (χ1n) is 4.22. The zero-order chi connectivity index (χ0) is 10.7. The van der Waals surface area contributed by atoms with Crippen molar-refractivity contribution in [2.45, 2.75) is 0 Å². The van der Waals surface area contributed by atoms with Crippen LogP contribution in [0.3, 0.4) is 0 Å². The highest BCUT2D eigenvalue weighted by atomic mass is 79.9. The lowest BCUT2D eigenvalue weighted by Crippen LogP contribution is -2.11. The molecule has 0 bridgehead atoms. The number of nitrogens with one attached hydrogen (secondary N) is 1. The number of hydrogen-bond donors (Lipinski definition) is 1. The predicted octanol–water partition coefficient (Wildman–Crippen LogP) is 3.16. The van der Waals surface area contributed by atoms with Crippen LogP contribution in [-0.2, 0) is 0 Å². The summed E-state index contributed by atoms with van der Waals surface area (Å²) in [6.45, 7) is 0. The molecule has 0 aliphatic rings. The minimum Gasteiger partial charge on any atom is -0.322 e. The fourth-order valence-electron chi connectivity index (χ4n) is 1.09. The van der Waals surface area contributed by atoms with Crippen LogP contribution >= 0.6 is 27.3 Å². The molecule has 2 aromatic heterocycles. The van der Waals surface area contributed by atoms with Crippen LogP contribution in [0.5, 0.6) is 0 Å². The van der Waals surface area contributed by atoms with Crippen LogP contribution in [0, 0.1) is 0 Å². The SMILES string of the molecule is O=C(Nc1ccncc1)c1ccsc1Br. The molecule has 0 unspecified atom stereocenters. The summed E-state index contributed by atoms with van der Waals surface area (Å²) < 4.78 is 0.842. The minimum absolute atomic E-state index is 0.116. The maximum Gasteiger partial charge on any atom is 0.257 e. The third kappa shape index (κ3) is 2.43. The molecular weight excluding hydrogens is 276 g/mol. The third-order valence-corrected chi connectivity index (χ3v) is 3.49. The van der Waals surface area contributed by atoms with Crippen molar-refractivity contribution in [3.63, 3.8) is 0 Å². The summed E-state index contributed by atoms with van der Waals surface area (Å²) in [7, 11) is 0. The minimum atomic E-state index is -0.116. The van der Waals surface area contributed by atoms with Crippen LogP contribution in [-0.4, -0.2) is 10.9 Å². The van der Waals surface area contributed by atoms with Crippen molar-refractivity contribution in [2.24, 2.45) is 0 Å². The van der Waals surface area contributed by atoms with Crippen molar-refractivity contribution in [3.05, 3.63) is 45.3 Å². The van der Waals surface area contributed by atoms with E-state index in [0.29, 0.717) is 5.56 Å². The largest absolute Gasteiger partial charge is 0.322 e. The fourth-order valence-corrected chi connectivity index (χ4v) is 2.34. The number of amides is 1. The van der Waals surface area contributed by atoms with Crippen LogP contribution in [0.1, 0.15) is 10.4 Å². The quantitative estimate of drug-likeness (QED) is 0.919. The molecule has 0 aliphatic heterocycles. The first-order chi connectivity index (χ1) is 7.27. The average molecular weight is 283 g/mol. The maximum atomic E-state index is 11.7. The van der Waals surface area contributed by atoms with Crippen LogP contribution in [0.2, 0.25) is 0 Å². The standard InChI is InChI=1S/C10H7BrN2OS/c11-9-8(3-6-15-9)10(14)13-7-1-4-12-5-2-7/h1-6H,(H,12,13,14). The molecule has 0 fully saturated rings. The van der Waals surface area contributed by atoms with Crippen LogP contribution in [0.15, 0.2) is 39.8 Å². The lowest BCUT2D eigenvalue weighted by Gasteiger charge is -2.02. The van der Waals surface area contributed by atoms with Gasteiger partial charge in [0.25, 0.3) is 5.91 Å². The number of hydrogen-bond acceptors (Lipinski definition) is 3. The van der Waals surface area contributed by atoms with E-state index in [4.69, 9.17) is 0 Å². The highest BCUT2D eigenvalue weighted by Crippen LogP contribution is 2.24. The maximum absolute atomic E-state index is 11.7. The molecule has 2 rings (SSSR count). The monoisotopic (exact) mass is 282 g/mol. The first-order valence-corrected chi connectivity index (χ1v) is 5.89. The molecule has 5 heteroatoms. The number of carbonyl (C=O) groups is 1. The summed E-state index contributed by atoms with van der Waals surface area (Å²) in [4.78, 5) is 15.6. The van der Waals surface area contributed by atoms with Gasteiger partial charge < -0.3 is 5.32 Å². The molecule has 2 heterocycles. The zero-order valence-corrected chi connectivity index (χ0v) is 10.0. The number of anilines is 1. The molecule has 1 N–H and O–H groups in total. The van der Waals surface area contributed by atoms with Gasteiger partial charge in [-0.15, -0.1) is 11.3 Å². The number of carbonyl (C=O) groups excluding carboxylic acids is 1. The van der Waals surface area contributed by atoms with E-state index >= 15 is 0 Å². The summed E-state index contributed by atoms with van der Waals surface area (Å²) in [5, 5.41) is 4.65. The second-order valence-corrected chi connectivity index (χ2v) is 5.03. The van der Waals surface area contributed by atoms with E-state index in [2.05, 4.69) is 26.2 Å². The Morgan fingerprint density at radius 3 is 2.67 bits per heavy atom. The van der Waals surface area contributed by atoms with Crippen molar-refractivity contribution in [3.8, 4) is 0 Å². The van der Waals surface area contributed by atoms with Gasteiger partial charge >= 0.3 is 0 Å². The number of rotatable bonds is 2. The molecule has 0 spiro atoms. The van der Waals surface area contributed by atoms with Crippen molar-refractivity contribution in [2.75, 3.05) is 5.32 Å². The lowest BCUT2D eigenvalue weighted by atomic mass is 10.3. The van der Waals surface area contributed by atoms with Gasteiger partial charge in [-0.05, 0) is 39.5 Å². The normalized spacial score (nSPS) is 9.93. The topological polar surface area (TPSA) is 42.0 Å². The Hall–Kier alpha value is -1.20. The van der Waals surface area contributed by atoms with Gasteiger partial charge in [-0.1, -0.05) is 0 Å². The van der Waals surface area contributed by atoms with Crippen molar-refractivity contribution >= 4 is 38.9 Å². The van der Waals surface area contributed by atoms with Gasteiger partial charge in [0.1, 0.15) is 0 Å². The summed E-state index contributed by atoms with van der Waals surface area (Å²) in [6, 6.07) is 5.28. The molecule has 2 aromatic rings. The van der Waals surface area contributed by atoms with E-state index in [1.807, 2.05) is 5.38 Å². The van der Waals surface area contributed by atoms with Crippen LogP contribution in [0.4, 0.5) is 5.69 Å². The number of halogens is 1. The number of thiophene rings is 1. The van der Waals surface area contributed by atoms with Crippen molar-refractivity contribution < 1.29 is 4.79 Å². The summed E-state index contributed by atoms with van der Waals surface area (Å²) in [5.41, 5.74) is 1.39. The molecule has 0 saturated carbocycles. The van der Waals surface area contributed by atoms with E-state index in [1.165, 1.54) is 11.3 Å². The zero-order valence-electron chi connectivity index (χ0n) is 7.61. The van der Waals surface area contributed by atoms with Crippen molar-refractivity contribution in [1.82, 2.24) is 4.98 Å².